The number of halogens is 3. The van der Waals surface area contributed by atoms with Crippen LogP contribution < -0.4 is 25.9 Å². The van der Waals surface area contributed by atoms with Crippen LogP contribution in [0.3, 0.4) is 0 Å². The number of alkyl halides is 3. The van der Waals surface area contributed by atoms with Crippen LogP contribution in [0.4, 0.5) is 30.5 Å². The number of hydrogen-bond donors (Lipinski definition) is 3. The van der Waals surface area contributed by atoms with Crippen LogP contribution in [0, 0.1) is 0 Å². The molecule has 10 heteroatoms. The number of aromatic amines is 1. The van der Waals surface area contributed by atoms with Gasteiger partial charge in [0.2, 0.25) is 0 Å². The number of hydrogen-bond acceptors (Lipinski definition) is 6. The number of rotatable bonds is 6. The summed E-state index contributed by atoms with van der Waals surface area (Å²) in [4.78, 5) is 23.5. The molecule has 2 aromatic rings. The van der Waals surface area contributed by atoms with E-state index < -0.39 is 12.2 Å². The Bertz CT molecular complexity index is 1130. The van der Waals surface area contributed by atoms with Gasteiger partial charge in [0.1, 0.15) is 17.7 Å². The Morgan fingerprint density at radius 3 is 2.75 bits per heavy atom. The fourth-order valence-electron chi connectivity index (χ4n) is 4.21. The second kappa shape index (κ2) is 7.61. The maximum Gasteiger partial charge on any atom is 0.408 e. The Labute approximate surface area is 183 Å². The number of nitrogens with zero attached hydrogens (tertiary/aromatic N) is 3. The summed E-state index contributed by atoms with van der Waals surface area (Å²) in [5, 5.41) is 5.52. The molecule has 4 rings (SSSR count). The van der Waals surface area contributed by atoms with Crippen molar-refractivity contribution in [2.75, 3.05) is 28.2 Å². The zero-order valence-electron chi connectivity index (χ0n) is 17.9. The van der Waals surface area contributed by atoms with Gasteiger partial charge in [-0.2, -0.15) is 13.2 Å². The van der Waals surface area contributed by atoms with E-state index in [0.717, 1.165) is 32.1 Å². The summed E-state index contributed by atoms with van der Waals surface area (Å²) < 4.78 is 38.9. The topological polar surface area (TPSA) is 76.3 Å². The molecule has 0 spiro atoms. The molecule has 1 saturated heterocycles. The molecule has 2 aliphatic heterocycles. The smallest absolute Gasteiger partial charge is 0.373 e. The third-order valence-corrected chi connectivity index (χ3v) is 5.91. The molecule has 0 radical (unpaired) electrons. The Morgan fingerprint density at radius 1 is 1.31 bits per heavy atom. The van der Waals surface area contributed by atoms with Gasteiger partial charge in [-0.05, 0) is 32.4 Å². The van der Waals surface area contributed by atoms with Gasteiger partial charge in [0.15, 0.2) is 11.2 Å². The Balaban J connectivity index is 1.68. The molecule has 2 aromatic heterocycles. The SMILES string of the molecule is C=C(N[C@H](C)C(F)(F)F)c1ccc2c(n1)N(C(=C)Nc1cc(=O)cc[nH]1)[C@@]1(C)CCN2C1. The van der Waals surface area contributed by atoms with E-state index in [-0.39, 0.29) is 16.7 Å². The predicted octanol–water partition coefficient (Wildman–Crippen LogP) is 3.65. The first-order valence-corrected chi connectivity index (χ1v) is 10.2. The van der Waals surface area contributed by atoms with Crippen LogP contribution >= 0.6 is 0 Å². The Kier molecular flexibility index (Phi) is 5.18. The third-order valence-electron chi connectivity index (χ3n) is 5.91. The summed E-state index contributed by atoms with van der Waals surface area (Å²) >= 11 is 0. The predicted molar refractivity (Wildman–Crippen MR) is 119 cm³/mol. The third kappa shape index (κ3) is 3.92. The molecule has 0 unspecified atom stereocenters. The fourth-order valence-corrected chi connectivity index (χ4v) is 4.21. The van der Waals surface area contributed by atoms with Crippen molar-refractivity contribution in [1.82, 2.24) is 15.3 Å². The van der Waals surface area contributed by atoms with Crippen molar-refractivity contribution in [3.8, 4) is 0 Å². The lowest BCUT2D eigenvalue weighted by atomic mass is 9.97. The number of nitrogens with one attached hydrogen (secondary N) is 3. The lowest BCUT2D eigenvalue weighted by Gasteiger charge is -2.45. The minimum Gasteiger partial charge on any atom is -0.373 e. The lowest BCUT2D eigenvalue weighted by Crippen LogP contribution is -2.52. The number of H-pyrrole nitrogens is 1. The highest BCUT2D eigenvalue weighted by molar-refractivity contribution is 5.78. The minimum absolute atomic E-state index is 0.0848. The maximum absolute atomic E-state index is 13.0. The Hall–Kier alpha value is -3.43. The number of aromatic nitrogens is 2. The largest absolute Gasteiger partial charge is 0.408 e. The first kappa shape index (κ1) is 21.8. The van der Waals surface area contributed by atoms with Gasteiger partial charge in [0.05, 0.1) is 22.6 Å². The fraction of sp³-hybridized carbons (Fsp3) is 0.364. The van der Waals surface area contributed by atoms with Crippen LogP contribution in [0.2, 0.25) is 0 Å². The average molecular weight is 446 g/mol. The van der Waals surface area contributed by atoms with Gasteiger partial charge in [0, 0.05) is 31.4 Å². The standard InChI is InChI=1S/C22H25F3N6O/c1-13(27-14(2)22(23,24)25)17-5-6-18-20(29-17)31(21(4)8-10-30(18)12-21)15(3)28-19-11-16(32)7-9-26-19/h5-7,9,11,14,27H,1,3,8,10,12H2,2,4H3,(H2,26,28,32)/t14-,21+/m1/s1. The molecule has 7 nitrogen and oxygen atoms in total. The van der Waals surface area contributed by atoms with Gasteiger partial charge >= 0.3 is 6.18 Å². The number of pyridine rings is 2. The summed E-state index contributed by atoms with van der Waals surface area (Å²) in [6, 6.07) is 4.59. The zero-order valence-corrected chi connectivity index (χ0v) is 17.9. The molecule has 2 aliphatic rings. The molecule has 0 aliphatic carbocycles. The summed E-state index contributed by atoms with van der Waals surface area (Å²) in [6.45, 7) is 12.6. The van der Waals surface area contributed by atoms with E-state index in [9.17, 15) is 18.0 Å². The molecule has 1 fully saturated rings. The summed E-state index contributed by atoms with van der Waals surface area (Å²) in [5.74, 6) is 1.56. The van der Waals surface area contributed by atoms with Crippen molar-refractivity contribution in [3.63, 3.8) is 0 Å². The zero-order chi connectivity index (χ0) is 23.3. The molecule has 2 bridgehead atoms. The molecular weight excluding hydrogens is 421 g/mol. The molecule has 4 heterocycles. The van der Waals surface area contributed by atoms with Gasteiger partial charge in [-0.1, -0.05) is 13.2 Å². The van der Waals surface area contributed by atoms with E-state index in [4.69, 9.17) is 0 Å². The summed E-state index contributed by atoms with van der Waals surface area (Å²) in [7, 11) is 0. The maximum atomic E-state index is 13.0. The highest BCUT2D eigenvalue weighted by Gasteiger charge is 2.47. The summed E-state index contributed by atoms with van der Waals surface area (Å²) in [6.07, 6.45) is -2.02. The molecule has 0 aromatic carbocycles. The molecule has 2 atom stereocenters. The van der Waals surface area contributed by atoms with Crippen LogP contribution in [0.5, 0.6) is 0 Å². The average Bonchev–Trinajstić information content (AvgIpc) is 3.04. The Morgan fingerprint density at radius 2 is 2.06 bits per heavy atom. The van der Waals surface area contributed by atoms with Crippen molar-refractivity contribution in [2.45, 2.75) is 38.0 Å². The van der Waals surface area contributed by atoms with Crippen LogP contribution in [0.25, 0.3) is 5.70 Å². The highest BCUT2D eigenvalue weighted by Crippen LogP contribution is 2.46. The van der Waals surface area contributed by atoms with E-state index in [0.29, 0.717) is 23.2 Å². The van der Waals surface area contributed by atoms with Crippen molar-refractivity contribution in [1.29, 1.82) is 0 Å². The minimum atomic E-state index is -4.40. The first-order valence-electron chi connectivity index (χ1n) is 10.2. The van der Waals surface area contributed by atoms with Crippen molar-refractivity contribution in [3.05, 3.63) is 65.4 Å². The van der Waals surface area contributed by atoms with Crippen molar-refractivity contribution in [2.24, 2.45) is 0 Å². The summed E-state index contributed by atoms with van der Waals surface area (Å²) in [5.41, 5.74) is 0.785. The van der Waals surface area contributed by atoms with Gasteiger partial charge < -0.3 is 25.4 Å². The van der Waals surface area contributed by atoms with Gasteiger partial charge in [0.25, 0.3) is 0 Å². The lowest BCUT2D eigenvalue weighted by molar-refractivity contribution is -0.148. The molecule has 0 saturated carbocycles. The monoisotopic (exact) mass is 446 g/mol. The normalized spacial score (nSPS) is 20.5. The van der Waals surface area contributed by atoms with E-state index in [2.05, 4.69) is 45.6 Å². The van der Waals surface area contributed by atoms with Crippen LogP contribution in [0.1, 0.15) is 26.0 Å². The molecular formula is C22H25F3N6O. The van der Waals surface area contributed by atoms with Gasteiger partial charge in [-0.15, -0.1) is 0 Å². The van der Waals surface area contributed by atoms with E-state index >= 15 is 0 Å². The van der Waals surface area contributed by atoms with Gasteiger partial charge in [-0.3, -0.25) is 4.79 Å². The van der Waals surface area contributed by atoms with Crippen LogP contribution in [-0.2, 0) is 0 Å². The highest BCUT2D eigenvalue weighted by atomic mass is 19.4. The van der Waals surface area contributed by atoms with Crippen molar-refractivity contribution >= 4 is 23.0 Å². The van der Waals surface area contributed by atoms with Gasteiger partial charge in [-0.25, -0.2) is 4.98 Å². The quantitative estimate of drug-likeness (QED) is 0.629. The van der Waals surface area contributed by atoms with Crippen LogP contribution in [-0.4, -0.2) is 40.8 Å². The molecule has 32 heavy (non-hydrogen) atoms. The number of fused-ring (bicyclic) bond motifs is 4. The van der Waals surface area contributed by atoms with Crippen molar-refractivity contribution < 1.29 is 13.2 Å². The number of anilines is 3. The second-order valence-corrected chi connectivity index (χ2v) is 8.44. The molecule has 3 N–H and O–H groups in total. The molecule has 170 valence electrons. The first-order chi connectivity index (χ1) is 15.0. The second-order valence-electron chi connectivity index (χ2n) is 8.44. The van der Waals surface area contributed by atoms with E-state index in [1.54, 1.807) is 6.07 Å². The van der Waals surface area contributed by atoms with Crippen LogP contribution in [0.15, 0.2) is 54.2 Å². The molecule has 0 amide bonds. The van der Waals surface area contributed by atoms with E-state index in [1.165, 1.54) is 18.3 Å². The van der Waals surface area contributed by atoms with E-state index in [1.807, 2.05) is 11.0 Å².